The van der Waals surface area contributed by atoms with Crippen LogP contribution in [0.15, 0.2) is 36.5 Å². The number of nitrogens with one attached hydrogen (secondary N) is 1. The van der Waals surface area contributed by atoms with Crippen LogP contribution < -0.4 is 5.32 Å². The highest BCUT2D eigenvalue weighted by Crippen LogP contribution is 2.14. The molecule has 0 saturated heterocycles. The minimum Gasteiger partial charge on any atom is -0.394 e. The Balaban J connectivity index is 3.59. The Morgan fingerprint density at radius 1 is 0.545 bits per heavy atom. The molecule has 4 nitrogen and oxygen atoms in total. The van der Waals surface area contributed by atoms with Crippen LogP contribution >= 0.6 is 0 Å². The Labute approximate surface area is 274 Å². The van der Waals surface area contributed by atoms with E-state index in [1.54, 1.807) is 6.08 Å². The smallest absolute Gasteiger partial charge is 0.220 e. The first-order valence-corrected chi connectivity index (χ1v) is 19.2. The van der Waals surface area contributed by atoms with E-state index < -0.39 is 12.1 Å². The van der Waals surface area contributed by atoms with Crippen molar-refractivity contribution >= 4 is 5.91 Å². The van der Waals surface area contributed by atoms with Gasteiger partial charge >= 0.3 is 0 Å². The Bertz CT molecular complexity index is 672. The summed E-state index contributed by atoms with van der Waals surface area (Å²) in [4.78, 5) is 12.3. The summed E-state index contributed by atoms with van der Waals surface area (Å²) < 4.78 is 0. The highest BCUT2D eigenvalue weighted by atomic mass is 16.3. The molecule has 0 aromatic heterocycles. The second-order valence-corrected chi connectivity index (χ2v) is 13.0. The maximum atomic E-state index is 12.3. The molecular weight excluding hydrogens is 542 g/mol. The van der Waals surface area contributed by atoms with Crippen molar-refractivity contribution in [2.75, 3.05) is 6.61 Å². The third-order valence-electron chi connectivity index (χ3n) is 8.65. The predicted molar refractivity (Wildman–Crippen MR) is 193 cm³/mol. The lowest BCUT2D eigenvalue weighted by Gasteiger charge is -2.19. The largest absolute Gasteiger partial charge is 0.394 e. The van der Waals surface area contributed by atoms with E-state index in [4.69, 9.17) is 0 Å². The molecule has 0 aromatic carbocycles. The molecule has 0 fully saturated rings. The zero-order chi connectivity index (χ0) is 32.2. The van der Waals surface area contributed by atoms with Gasteiger partial charge in [-0.1, -0.05) is 179 Å². The van der Waals surface area contributed by atoms with Crippen molar-refractivity contribution in [3.63, 3.8) is 0 Å². The van der Waals surface area contributed by atoms with Gasteiger partial charge in [0, 0.05) is 6.42 Å². The molecule has 0 rings (SSSR count). The van der Waals surface area contributed by atoms with Crippen molar-refractivity contribution in [1.82, 2.24) is 5.32 Å². The third-order valence-corrected chi connectivity index (χ3v) is 8.65. The fourth-order valence-electron chi connectivity index (χ4n) is 5.64. The molecule has 0 saturated carbocycles. The van der Waals surface area contributed by atoms with Crippen LogP contribution in [0.4, 0.5) is 0 Å². The highest BCUT2D eigenvalue weighted by molar-refractivity contribution is 5.76. The van der Waals surface area contributed by atoms with Gasteiger partial charge in [-0.3, -0.25) is 4.79 Å². The number of allylic oxidation sites excluding steroid dienone is 5. The van der Waals surface area contributed by atoms with Crippen LogP contribution in [0, 0.1) is 0 Å². The maximum absolute atomic E-state index is 12.3. The van der Waals surface area contributed by atoms with Gasteiger partial charge in [0.1, 0.15) is 0 Å². The minimum absolute atomic E-state index is 0.0840. The van der Waals surface area contributed by atoms with Gasteiger partial charge < -0.3 is 15.5 Å². The fraction of sp³-hybridized carbons (Fsp3) is 0.825. The summed E-state index contributed by atoms with van der Waals surface area (Å²) in [6.07, 6.45) is 46.7. The molecule has 258 valence electrons. The van der Waals surface area contributed by atoms with Crippen molar-refractivity contribution in [2.45, 2.75) is 206 Å². The molecule has 2 atom stereocenters. The molecule has 0 unspecified atom stereocenters. The molecular formula is C40H75NO3. The second-order valence-electron chi connectivity index (χ2n) is 13.0. The summed E-state index contributed by atoms with van der Waals surface area (Å²) in [7, 11) is 0. The molecule has 0 bridgehead atoms. The number of aliphatic hydroxyl groups excluding tert-OH is 2. The summed E-state index contributed by atoms with van der Waals surface area (Å²) >= 11 is 0. The van der Waals surface area contributed by atoms with E-state index in [0.29, 0.717) is 6.42 Å². The number of carbonyl (C=O) groups excluding carboxylic acids is 1. The van der Waals surface area contributed by atoms with E-state index >= 15 is 0 Å². The molecule has 4 heteroatoms. The van der Waals surface area contributed by atoms with Gasteiger partial charge in [-0.05, 0) is 44.9 Å². The molecule has 0 spiro atoms. The van der Waals surface area contributed by atoms with E-state index in [2.05, 4.69) is 37.4 Å². The molecule has 0 radical (unpaired) electrons. The van der Waals surface area contributed by atoms with E-state index in [1.165, 1.54) is 154 Å². The monoisotopic (exact) mass is 618 g/mol. The summed E-state index contributed by atoms with van der Waals surface area (Å²) in [5, 5.41) is 22.8. The number of amides is 1. The van der Waals surface area contributed by atoms with Gasteiger partial charge in [0.15, 0.2) is 0 Å². The number of rotatable bonds is 34. The second kappa shape index (κ2) is 36.1. The number of carbonyl (C=O) groups is 1. The minimum atomic E-state index is -0.885. The van der Waals surface area contributed by atoms with Crippen LogP contribution in [0.3, 0.4) is 0 Å². The predicted octanol–water partition coefficient (Wildman–Crippen LogP) is 11.5. The van der Waals surface area contributed by atoms with Gasteiger partial charge in [0.2, 0.25) is 5.91 Å². The van der Waals surface area contributed by atoms with E-state index in [1.807, 2.05) is 12.2 Å². The lowest BCUT2D eigenvalue weighted by Crippen LogP contribution is -2.45. The van der Waals surface area contributed by atoms with Gasteiger partial charge in [0.05, 0.1) is 18.8 Å². The summed E-state index contributed by atoms with van der Waals surface area (Å²) in [6.45, 7) is 4.25. The van der Waals surface area contributed by atoms with Crippen LogP contribution in [-0.2, 0) is 4.79 Å². The van der Waals surface area contributed by atoms with Gasteiger partial charge in [-0.25, -0.2) is 0 Å². The maximum Gasteiger partial charge on any atom is 0.220 e. The first-order valence-electron chi connectivity index (χ1n) is 19.2. The average molecular weight is 618 g/mol. The first-order chi connectivity index (χ1) is 21.7. The SMILES string of the molecule is CCCCCCCC/C=C/CCCCCCCCCCCCCC(=O)N[C@@H](CO)[C@H](O)/C=C/C=C/CCCCCCCCC. The van der Waals surface area contributed by atoms with Gasteiger partial charge in [0.25, 0.3) is 0 Å². The zero-order valence-electron chi connectivity index (χ0n) is 29.4. The molecule has 1 amide bonds. The molecule has 0 aliphatic rings. The number of hydrogen-bond donors (Lipinski definition) is 3. The Kier molecular flexibility index (Phi) is 34.9. The lowest BCUT2D eigenvalue weighted by atomic mass is 10.0. The van der Waals surface area contributed by atoms with Crippen molar-refractivity contribution in [1.29, 1.82) is 0 Å². The first kappa shape index (κ1) is 42.6. The number of aliphatic hydroxyl groups is 2. The van der Waals surface area contributed by atoms with E-state index in [9.17, 15) is 15.0 Å². The topological polar surface area (TPSA) is 69.6 Å². The van der Waals surface area contributed by atoms with Crippen molar-refractivity contribution < 1.29 is 15.0 Å². The highest BCUT2D eigenvalue weighted by Gasteiger charge is 2.17. The molecule has 0 aliphatic carbocycles. The van der Waals surface area contributed by atoms with Crippen molar-refractivity contribution in [3.8, 4) is 0 Å². The lowest BCUT2D eigenvalue weighted by molar-refractivity contribution is -0.123. The quantitative estimate of drug-likeness (QED) is 0.0382. The van der Waals surface area contributed by atoms with Crippen LogP contribution in [0.25, 0.3) is 0 Å². The third kappa shape index (κ3) is 32.0. The summed E-state index contributed by atoms with van der Waals surface area (Å²) in [5.41, 5.74) is 0. The molecule has 0 aliphatic heterocycles. The average Bonchev–Trinajstić information content (AvgIpc) is 3.03. The van der Waals surface area contributed by atoms with Crippen LogP contribution in [-0.4, -0.2) is 34.9 Å². The van der Waals surface area contributed by atoms with Crippen LogP contribution in [0.2, 0.25) is 0 Å². The number of unbranched alkanes of at least 4 members (excludes halogenated alkanes) is 24. The zero-order valence-corrected chi connectivity index (χ0v) is 29.4. The van der Waals surface area contributed by atoms with E-state index in [0.717, 1.165) is 19.3 Å². The van der Waals surface area contributed by atoms with Crippen molar-refractivity contribution in [3.05, 3.63) is 36.5 Å². The standard InChI is InChI=1S/C40H75NO3/c1-3-5-7-9-11-13-15-16-17-18-19-20-21-22-23-24-26-28-30-32-34-36-40(44)41-38(37-42)39(43)35-33-31-29-27-25-14-12-10-8-6-4-2/h16-17,29,31,33,35,38-39,42-43H,3-15,18-28,30,32,34,36-37H2,1-2H3,(H,41,44)/b17-16+,31-29+,35-33+/t38-,39+/m0/s1. The fourth-order valence-corrected chi connectivity index (χ4v) is 5.64. The summed E-state index contributed by atoms with van der Waals surface area (Å²) in [6, 6.07) is -0.651. The molecule has 3 N–H and O–H groups in total. The van der Waals surface area contributed by atoms with Gasteiger partial charge in [-0.15, -0.1) is 0 Å². The molecule has 44 heavy (non-hydrogen) atoms. The van der Waals surface area contributed by atoms with Crippen LogP contribution in [0.5, 0.6) is 0 Å². The Hall–Kier alpha value is -1.39. The molecule has 0 aromatic rings. The summed E-state index contributed by atoms with van der Waals surface area (Å²) in [5.74, 6) is -0.0840. The van der Waals surface area contributed by atoms with E-state index in [-0.39, 0.29) is 12.5 Å². The van der Waals surface area contributed by atoms with Crippen molar-refractivity contribution in [2.24, 2.45) is 0 Å². The van der Waals surface area contributed by atoms with Crippen LogP contribution in [0.1, 0.15) is 194 Å². The normalized spacial score (nSPS) is 13.5. The van der Waals surface area contributed by atoms with Gasteiger partial charge in [-0.2, -0.15) is 0 Å². The molecule has 0 heterocycles. The Morgan fingerprint density at radius 3 is 1.36 bits per heavy atom. The number of hydrogen-bond acceptors (Lipinski definition) is 3. The Morgan fingerprint density at radius 2 is 0.932 bits per heavy atom.